The molecule has 0 spiro atoms. The van der Waals surface area contributed by atoms with Gasteiger partial charge in [0.15, 0.2) is 5.75 Å². The van der Waals surface area contributed by atoms with Gasteiger partial charge in [-0.1, -0.05) is 42.1 Å². The number of piperidine rings is 1. The van der Waals surface area contributed by atoms with Gasteiger partial charge in [-0.25, -0.2) is 0 Å². The molecule has 28 heavy (non-hydrogen) atoms. The van der Waals surface area contributed by atoms with Crippen LogP contribution in [0.25, 0.3) is 0 Å². The third-order valence-corrected chi connectivity index (χ3v) is 6.44. The van der Waals surface area contributed by atoms with E-state index < -0.39 is 0 Å². The SMILES string of the molecule is O=C(c1cncc(COc2c(Cl)cccc2Cl)c1)N1CCCC2CCCCC21. The Morgan fingerprint density at radius 2 is 1.86 bits per heavy atom. The Morgan fingerprint density at radius 3 is 2.68 bits per heavy atom. The highest BCUT2D eigenvalue weighted by Crippen LogP contribution is 2.36. The Morgan fingerprint density at radius 1 is 1.11 bits per heavy atom. The van der Waals surface area contributed by atoms with Gasteiger partial charge in [-0.2, -0.15) is 0 Å². The summed E-state index contributed by atoms with van der Waals surface area (Å²) in [6.45, 7) is 1.10. The number of para-hydroxylation sites is 1. The molecular formula is C22H24Cl2N2O2. The number of amides is 1. The van der Waals surface area contributed by atoms with E-state index >= 15 is 0 Å². The standard InChI is InChI=1S/C22H24Cl2N2O2/c23-18-7-3-8-19(24)21(18)28-14-15-11-17(13-25-12-15)22(27)26-10-4-6-16-5-1-2-9-20(16)26/h3,7-8,11-13,16,20H,1-2,4-6,9-10,14H2. The zero-order chi connectivity index (χ0) is 19.5. The van der Waals surface area contributed by atoms with Gasteiger partial charge in [0.25, 0.3) is 5.91 Å². The molecule has 1 aliphatic carbocycles. The first-order valence-corrected chi connectivity index (χ1v) is 10.7. The maximum atomic E-state index is 13.2. The molecular weight excluding hydrogens is 395 g/mol. The lowest BCUT2D eigenvalue weighted by Crippen LogP contribution is -2.49. The van der Waals surface area contributed by atoms with Gasteiger partial charge < -0.3 is 9.64 Å². The van der Waals surface area contributed by atoms with Crippen LogP contribution in [-0.4, -0.2) is 28.4 Å². The number of nitrogens with zero attached hydrogens (tertiary/aromatic N) is 2. The van der Waals surface area contributed by atoms with Gasteiger partial charge in [0.05, 0.1) is 15.6 Å². The van der Waals surface area contributed by atoms with E-state index in [1.165, 1.54) is 25.7 Å². The number of carbonyl (C=O) groups is 1. The van der Waals surface area contributed by atoms with E-state index in [4.69, 9.17) is 27.9 Å². The van der Waals surface area contributed by atoms with Crippen molar-refractivity contribution in [2.75, 3.05) is 6.54 Å². The number of aromatic nitrogens is 1. The van der Waals surface area contributed by atoms with Crippen molar-refractivity contribution >= 4 is 29.1 Å². The van der Waals surface area contributed by atoms with Crippen molar-refractivity contribution in [3.63, 3.8) is 0 Å². The predicted molar refractivity (Wildman–Crippen MR) is 111 cm³/mol. The molecule has 1 amide bonds. The third-order valence-electron chi connectivity index (χ3n) is 5.85. The molecule has 1 saturated carbocycles. The van der Waals surface area contributed by atoms with Gasteiger partial charge in [-0.15, -0.1) is 0 Å². The van der Waals surface area contributed by atoms with Gasteiger partial charge in [-0.05, 0) is 49.8 Å². The molecule has 2 unspecified atom stereocenters. The number of halogens is 2. The molecule has 2 aliphatic rings. The number of likely N-dealkylation sites (tertiary alicyclic amines) is 1. The lowest BCUT2D eigenvalue weighted by atomic mass is 9.78. The molecule has 6 heteroatoms. The van der Waals surface area contributed by atoms with Gasteiger partial charge in [0, 0.05) is 30.5 Å². The number of benzene rings is 1. The van der Waals surface area contributed by atoms with E-state index in [0.717, 1.165) is 24.9 Å². The van der Waals surface area contributed by atoms with Crippen LogP contribution in [0.15, 0.2) is 36.7 Å². The van der Waals surface area contributed by atoms with Crippen molar-refractivity contribution in [2.24, 2.45) is 5.92 Å². The van der Waals surface area contributed by atoms with Crippen LogP contribution in [0.4, 0.5) is 0 Å². The third kappa shape index (κ3) is 4.13. The fraction of sp³-hybridized carbons (Fsp3) is 0.455. The van der Waals surface area contributed by atoms with Crippen LogP contribution in [0.1, 0.15) is 54.4 Å². The Kier molecular flexibility index (Phi) is 6.07. The molecule has 0 bridgehead atoms. The van der Waals surface area contributed by atoms with Crippen molar-refractivity contribution in [1.82, 2.24) is 9.88 Å². The molecule has 1 saturated heterocycles. The molecule has 1 aromatic heterocycles. The summed E-state index contributed by atoms with van der Waals surface area (Å²) in [5, 5.41) is 0.925. The molecule has 0 N–H and O–H groups in total. The minimum Gasteiger partial charge on any atom is -0.486 e. The highest BCUT2D eigenvalue weighted by molar-refractivity contribution is 6.37. The van der Waals surface area contributed by atoms with Crippen LogP contribution in [0.3, 0.4) is 0 Å². The summed E-state index contributed by atoms with van der Waals surface area (Å²) in [6.07, 6.45) is 10.6. The molecule has 148 valence electrons. The topological polar surface area (TPSA) is 42.4 Å². The molecule has 4 nitrogen and oxygen atoms in total. The monoisotopic (exact) mass is 418 g/mol. The molecule has 2 atom stereocenters. The van der Waals surface area contributed by atoms with Gasteiger partial charge >= 0.3 is 0 Å². The molecule has 1 aliphatic heterocycles. The van der Waals surface area contributed by atoms with E-state index in [9.17, 15) is 4.79 Å². The molecule has 4 rings (SSSR count). The predicted octanol–water partition coefficient (Wildman–Crippen LogP) is 5.76. The average Bonchev–Trinajstić information content (AvgIpc) is 2.73. The first kappa shape index (κ1) is 19.5. The Balaban J connectivity index is 1.48. The minimum absolute atomic E-state index is 0.0849. The second-order valence-electron chi connectivity index (χ2n) is 7.67. The zero-order valence-electron chi connectivity index (χ0n) is 15.7. The first-order chi connectivity index (χ1) is 13.6. The van der Waals surface area contributed by atoms with Crippen molar-refractivity contribution in [3.8, 4) is 5.75 Å². The quantitative estimate of drug-likeness (QED) is 0.633. The highest BCUT2D eigenvalue weighted by atomic mass is 35.5. The van der Waals surface area contributed by atoms with E-state index in [2.05, 4.69) is 9.88 Å². The van der Waals surface area contributed by atoms with Crippen LogP contribution in [0, 0.1) is 5.92 Å². The Bertz CT molecular complexity index is 836. The van der Waals surface area contributed by atoms with Crippen molar-refractivity contribution < 1.29 is 9.53 Å². The van der Waals surface area contributed by atoms with Gasteiger partial charge in [0.1, 0.15) is 6.61 Å². The van der Waals surface area contributed by atoms with Crippen LogP contribution in [-0.2, 0) is 6.61 Å². The maximum Gasteiger partial charge on any atom is 0.255 e. The summed E-state index contributed by atoms with van der Waals surface area (Å²) < 4.78 is 5.79. The fourth-order valence-electron chi connectivity index (χ4n) is 4.50. The molecule has 2 aromatic rings. The zero-order valence-corrected chi connectivity index (χ0v) is 17.3. The summed E-state index contributed by atoms with van der Waals surface area (Å²) in [7, 11) is 0. The fourth-order valence-corrected chi connectivity index (χ4v) is 5.01. The van der Waals surface area contributed by atoms with Crippen molar-refractivity contribution in [3.05, 3.63) is 57.8 Å². The first-order valence-electron chi connectivity index (χ1n) is 9.95. The lowest BCUT2D eigenvalue weighted by molar-refractivity contribution is 0.0390. The van der Waals surface area contributed by atoms with Crippen LogP contribution >= 0.6 is 23.2 Å². The number of hydrogen-bond donors (Lipinski definition) is 0. The van der Waals surface area contributed by atoms with Crippen LogP contribution < -0.4 is 4.74 Å². The Labute approximate surface area is 175 Å². The summed E-state index contributed by atoms with van der Waals surface area (Å²) in [6, 6.07) is 7.49. The number of rotatable bonds is 4. The number of carbonyl (C=O) groups excluding carboxylic acids is 1. The Hall–Kier alpha value is -1.78. The summed E-state index contributed by atoms with van der Waals surface area (Å²) in [5.41, 5.74) is 1.44. The largest absolute Gasteiger partial charge is 0.486 e. The molecule has 2 heterocycles. The number of pyridine rings is 1. The molecule has 1 aromatic carbocycles. The summed E-state index contributed by atoms with van der Waals surface area (Å²) in [4.78, 5) is 19.5. The van der Waals surface area contributed by atoms with E-state index in [1.807, 2.05) is 6.07 Å². The van der Waals surface area contributed by atoms with Gasteiger partial charge in [0.2, 0.25) is 0 Å². The highest BCUT2D eigenvalue weighted by Gasteiger charge is 2.36. The second kappa shape index (κ2) is 8.71. The number of ether oxygens (including phenoxy) is 1. The van der Waals surface area contributed by atoms with Crippen LogP contribution in [0.2, 0.25) is 10.0 Å². The van der Waals surface area contributed by atoms with E-state index in [-0.39, 0.29) is 12.5 Å². The van der Waals surface area contributed by atoms with Crippen molar-refractivity contribution in [2.45, 2.75) is 51.2 Å². The average molecular weight is 419 g/mol. The number of fused-ring (bicyclic) bond motifs is 1. The minimum atomic E-state index is 0.0849. The lowest BCUT2D eigenvalue weighted by Gasteiger charge is -2.44. The van der Waals surface area contributed by atoms with E-state index in [0.29, 0.717) is 33.3 Å². The second-order valence-corrected chi connectivity index (χ2v) is 8.49. The normalized spacial score (nSPS) is 21.9. The number of hydrogen-bond acceptors (Lipinski definition) is 3. The summed E-state index contributed by atoms with van der Waals surface area (Å²) in [5.74, 6) is 1.19. The molecule has 0 radical (unpaired) electrons. The van der Waals surface area contributed by atoms with Crippen LogP contribution in [0.5, 0.6) is 5.75 Å². The maximum absolute atomic E-state index is 13.2. The van der Waals surface area contributed by atoms with E-state index in [1.54, 1.807) is 30.6 Å². The van der Waals surface area contributed by atoms with Gasteiger partial charge in [-0.3, -0.25) is 9.78 Å². The smallest absolute Gasteiger partial charge is 0.255 e. The summed E-state index contributed by atoms with van der Waals surface area (Å²) >= 11 is 12.3. The molecule has 2 fully saturated rings. The van der Waals surface area contributed by atoms with Crippen molar-refractivity contribution in [1.29, 1.82) is 0 Å².